The number of rotatable bonds is 2. The largest absolute Gasteiger partial charge is 0.355 e. The van der Waals surface area contributed by atoms with Gasteiger partial charge in [0, 0.05) is 30.6 Å². The van der Waals surface area contributed by atoms with Crippen LogP contribution in [-0.4, -0.2) is 48.1 Å². The second-order valence-corrected chi connectivity index (χ2v) is 7.64. The zero-order valence-corrected chi connectivity index (χ0v) is 14.7. The molecule has 0 spiro atoms. The summed E-state index contributed by atoms with van der Waals surface area (Å²) in [6, 6.07) is 2.64. The van der Waals surface area contributed by atoms with Gasteiger partial charge in [0.25, 0.3) is 0 Å². The number of likely N-dealkylation sites (N-methyl/N-ethyl adjacent to an activating group) is 1. The van der Waals surface area contributed by atoms with Gasteiger partial charge in [0.05, 0.1) is 0 Å². The zero-order chi connectivity index (χ0) is 14.9. The molecule has 20 heavy (non-hydrogen) atoms. The summed E-state index contributed by atoms with van der Waals surface area (Å²) in [5, 5.41) is 0. The molecule has 0 N–H and O–H groups in total. The lowest BCUT2D eigenvalue weighted by Crippen LogP contribution is -2.45. The van der Waals surface area contributed by atoms with E-state index < -0.39 is 0 Å². The molecule has 1 saturated heterocycles. The first kappa shape index (κ1) is 15.7. The number of hydrogen-bond donors (Lipinski definition) is 0. The normalized spacial score (nSPS) is 20.6. The second kappa shape index (κ2) is 5.98. The highest BCUT2D eigenvalue weighted by molar-refractivity contribution is 9.10. The van der Waals surface area contributed by atoms with Crippen LogP contribution in [0.4, 0.5) is 5.82 Å². The van der Waals surface area contributed by atoms with E-state index in [2.05, 4.69) is 65.6 Å². The van der Waals surface area contributed by atoms with E-state index in [-0.39, 0.29) is 5.41 Å². The van der Waals surface area contributed by atoms with E-state index in [0.29, 0.717) is 6.04 Å². The van der Waals surface area contributed by atoms with Gasteiger partial charge in [-0.05, 0) is 42.9 Å². The van der Waals surface area contributed by atoms with Crippen molar-refractivity contribution in [3.63, 3.8) is 0 Å². The topological polar surface area (TPSA) is 32.3 Å². The van der Waals surface area contributed by atoms with Gasteiger partial charge in [-0.3, -0.25) is 0 Å². The summed E-state index contributed by atoms with van der Waals surface area (Å²) in [6.45, 7) is 8.57. The summed E-state index contributed by atoms with van der Waals surface area (Å²) in [6.07, 6.45) is 2.48. The van der Waals surface area contributed by atoms with Crippen LogP contribution in [0.3, 0.4) is 0 Å². The molecule has 0 amide bonds. The highest BCUT2D eigenvalue weighted by Crippen LogP contribution is 2.26. The molecule has 0 radical (unpaired) electrons. The van der Waals surface area contributed by atoms with Crippen LogP contribution in [0.1, 0.15) is 39.4 Å². The van der Waals surface area contributed by atoms with Gasteiger partial charge in [0.15, 0.2) is 0 Å². The number of aromatic nitrogens is 2. The molecule has 0 saturated carbocycles. The molecule has 5 heteroatoms. The van der Waals surface area contributed by atoms with E-state index >= 15 is 0 Å². The van der Waals surface area contributed by atoms with Crippen molar-refractivity contribution in [2.24, 2.45) is 0 Å². The lowest BCUT2D eigenvalue weighted by Gasteiger charge is -2.37. The molecule has 0 aromatic carbocycles. The van der Waals surface area contributed by atoms with Gasteiger partial charge in [-0.15, -0.1) is 0 Å². The standard InChI is InChI=1S/C15H25BrN4/c1-15(2,3)14-17-12(16)9-13(18-14)20-8-6-7-11(10-20)19(4)5/h9,11H,6-8,10H2,1-5H3. The maximum absolute atomic E-state index is 4.79. The van der Waals surface area contributed by atoms with Crippen LogP contribution in [0.2, 0.25) is 0 Å². The van der Waals surface area contributed by atoms with Crippen molar-refractivity contribution in [2.45, 2.75) is 45.1 Å². The number of hydrogen-bond acceptors (Lipinski definition) is 4. The fourth-order valence-electron chi connectivity index (χ4n) is 2.49. The summed E-state index contributed by atoms with van der Waals surface area (Å²) < 4.78 is 0.874. The SMILES string of the molecule is CN(C)C1CCCN(c2cc(Br)nc(C(C)(C)C)n2)C1. The molecule has 4 nitrogen and oxygen atoms in total. The minimum atomic E-state index is -0.0325. The van der Waals surface area contributed by atoms with Gasteiger partial charge in [-0.1, -0.05) is 20.8 Å². The van der Waals surface area contributed by atoms with Crippen LogP contribution in [0.15, 0.2) is 10.7 Å². The Morgan fingerprint density at radius 3 is 2.60 bits per heavy atom. The Balaban J connectivity index is 2.26. The summed E-state index contributed by atoms with van der Waals surface area (Å²) in [5.41, 5.74) is -0.0325. The van der Waals surface area contributed by atoms with Crippen LogP contribution in [0, 0.1) is 0 Å². The highest BCUT2D eigenvalue weighted by atomic mass is 79.9. The van der Waals surface area contributed by atoms with Gasteiger partial charge < -0.3 is 9.80 Å². The molecule has 1 unspecified atom stereocenters. The Labute approximate surface area is 130 Å². The predicted molar refractivity (Wildman–Crippen MR) is 87.4 cm³/mol. The molecule has 1 atom stereocenters. The molecule has 1 fully saturated rings. The van der Waals surface area contributed by atoms with Crippen molar-refractivity contribution >= 4 is 21.7 Å². The van der Waals surface area contributed by atoms with E-state index in [9.17, 15) is 0 Å². The summed E-state index contributed by atoms with van der Waals surface area (Å²) in [4.78, 5) is 14.0. The van der Waals surface area contributed by atoms with Gasteiger partial charge in [-0.2, -0.15) is 0 Å². The van der Waals surface area contributed by atoms with Crippen molar-refractivity contribution in [1.29, 1.82) is 0 Å². The van der Waals surface area contributed by atoms with E-state index in [1.807, 2.05) is 6.07 Å². The lowest BCUT2D eigenvalue weighted by atomic mass is 9.96. The van der Waals surface area contributed by atoms with Gasteiger partial charge in [0.1, 0.15) is 16.2 Å². The fraction of sp³-hybridized carbons (Fsp3) is 0.733. The molecule has 2 heterocycles. The average molecular weight is 341 g/mol. The molecule has 1 aromatic rings. The van der Waals surface area contributed by atoms with Crippen molar-refractivity contribution in [3.05, 3.63) is 16.5 Å². The lowest BCUT2D eigenvalue weighted by molar-refractivity contribution is 0.257. The van der Waals surface area contributed by atoms with Crippen LogP contribution < -0.4 is 4.90 Å². The van der Waals surface area contributed by atoms with E-state index in [0.717, 1.165) is 29.3 Å². The quantitative estimate of drug-likeness (QED) is 0.774. The Hall–Kier alpha value is -0.680. The number of halogens is 1. The highest BCUT2D eigenvalue weighted by Gasteiger charge is 2.25. The molecule has 1 aliphatic rings. The third-order valence-electron chi connectivity index (χ3n) is 3.80. The molecular formula is C15H25BrN4. The molecule has 112 valence electrons. The third-order valence-corrected chi connectivity index (χ3v) is 4.21. The molecule has 1 aromatic heterocycles. The van der Waals surface area contributed by atoms with Crippen molar-refractivity contribution in [3.8, 4) is 0 Å². The van der Waals surface area contributed by atoms with E-state index in [1.165, 1.54) is 12.8 Å². The van der Waals surface area contributed by atoms with Gasteiger partial charge >= 0.3 is 0 Å². The Bertz CT molecular complexity index is 467. The first-order valence-corrected chi connectivity index (χ1v) is 8.03. The molecule has 0 bridgehead atoms. The minimum Gasteiger partial charge on any atom is -0.355 e. The number of anilines is 1. The van der Waals surface area contributed by atoms with Crippen LogP contribution in [0.25, 0.3) is 0 Å². The van der Waals surface area contributed by atoms with Gasteiger partial charge in [0.2, 0.25) is 0 Å². The zero-order valence-electron chi connectivity index (χ0n) is 13.1. The maximum Gasteiger partial charge on any atom is 0.137 e. The molecule has 0 aliphatic carbocycles. The predicted octanol–water partition coefficient (Wildman–Crippen LogP) is 3.07. The third kappa shape index (κ3) is 3.70. The molecular weight excluding hydrogens is 316 g/mol. The van der Waals surface area contributed by atoms with E-state index in [4.69, 9.17) is 4.98 Å². The first-order valence-electron chi connectivity index (χ1n) is 7.24. The fourth-order valence-corrected chi connectivity index (χ4v) is 2.86. The van der Waals surface area contributed by atoms with Crippen molar-refractivity contribution < 1.29 is 0 Å². The van der Waals surface area contributed by atoms with Gasteiger partial charge in [-0.25, -0.2) is 9.97 Å². The minimum absolute atomic E-state index is 0.0325. The van der Waals surface area contributed by atoms with E-state index in [1.54, 1.807) is 0 Å². The van der Waals surface area contributed by atoms with Crippen LogP contribution in [-0.2, 0) is 5.41 Å². The maximum atomic E-state index is 4.79. The summed E-state index contributed by atoms with van der Waals surface area (Å²) in [5.74, 6) is 1.94. The molecule has 2 rings (SSSR count). The monoisotopic (exact) mass is 340 g/mol. The second-order valence-electron chi connectivity index (χ2n) is 6.83. The molecule has 1 aliphatic heterocycles. The smallest absolute Gasteiger partial charge is 0.137 e. The Kier molecular flexibility index (Phi) is 4.69. The number of nitrogens with zero attached hydrogens (tertiary/aromatic N) is 4. The van der Waals surface area contributed by atoms with Crippen molar-refractivity contribution in [2.75, 3.05) is 32.1 Å². The van der Waals surface area contributed by atoms with Crippen molar-refractivity contribution in [1.82, 2.24) is 14.9 Å². The van der Waals surface area contributed by atoms with Crippen LogP contribution >= 0.6 is 15.9 Å². The van der Waals surface area contributed by atoms with Crippen LogP contribution in [0.5, 0.6) is 0 Å². The summed E-state index contributed by atoms with van der Waals surface area (Å²) >= 11 is 3.53. The summed E-state index contributed by atoms with van der Waals surface area (Å²) in [7, 11) is 4.31. The average Bonchev–Trinajstić information content (AvgIpc) is 2.37. The number of piperidine rings is 1. The Morgan fingerprint density at radius 1 is 1.30 bits per heavy atom. The first-order chi connectivity index (χ1) is 9.27. The Morgan fingerprint density at radius 2 is 2.00 bits per heavy atom.